The monoisotopic (exact) mass is 410 g/mol. The van der Waals surface area contributed by atoms with Crippen molar-refractivity contribution >= 4 is 33.8 Å². The number of thioether (sulfide) groups is 1. The lowest BCUT2D eigenvalue weighted by Gasteiger charge is -2.07. The average Bonchev–Trinajstić information content (AvgIpc) is 3.12. The number of para-hydroxylation sites is 1. The van der Waals surface area contributed by atoms with Crippen molar-refractivity contribution in [2.45, 2.75) is 24.5 Å². The van der Waals surface area contributed by atoms with E-state index in [1.165, 1.54) is 11.1 Å². The molecule has 5 heteroatoms. The van der Waals surface area contributed by atoms with Gasteiger partial charge in [-0.25, -0.2) is 4.98 Å². The molecule has 0 saturated heterocycles. The Hall–Kier alpha value is -3.18. The van der Waals surface area contributed by atoms with Gasteiger partial charge in [-0.2, -0.15) is 0 Å². The number of hydrogen-bond acceptors (Lipinski definition) is 4. The fourth-order valence-corrected chi connectivity index (χ4v) is 4.54. The maximum absolute atomic E-state index is 4.91. The van der Waals surface area contributed by atoms with E-state index in [2.05, 4.69) is 87.6 Å². The van der Waals surface area contributed by atoms with Gasteiger partial charge in [-0.05, 0) is 30.0 Å². The fraction of sp³-hybridized carbons (Fsp3) is 0.160. The first-order chi connectivity index (χ1) is 14.9. The van der Waals surface area contributed by atoms with Crippen molar-refractivity contribution in [2.75, 3.05) is 5.75 Å². The Morgan fingerprint density at radius 3 is 2.13 bits per heavy atom. The highest BCUT2D eigenvalue weighted by molar-refractivity contribution is 7.99. The smallest absolute Gasteiger partial charge is 0.211 e. The Bertz CT molecular complexity index is 1270. The van der Waals surface area contributed by atoms with Crippen LogP contribution in [0.5, 0.6) is 0 Å². The van der Waals surface area contributed by atoms with Crippen LogP contribution in [-0.2, 0) is 19.4 Å². The summed E-state index contributed by atoms with van der Waals surface area (Å²) < 4.78 is 2.29. The summed E-state index contributed by atoms with van der Waals surface area (Å²) in [7, 11) is 0. The zero-order valence-electron chi connectivity index (χ0n) is 16.6. The molecule has 0 spiro atoms. The molecule has 3 aromatic carbocycles. The molecule has 30 heavy (non-hydrogen) atoms. The number of nitrogens with zero attached hydrogens (tertiary/aromatic N) is 4. The van der Waals surface area contributed by atoms with Gasteiger partial charge >= 0.3 is 0 Å². The van der Waals surface area contributed by atoms with Gasteiger partial charge in [-0.3, -0.25) is 0 Å². The molecule has 0 aliphatic heterocycles. The van der Waals surface area contributed by atoms with Crippen LogP contribution in [-0.4, -0.2) is 25.5 Å². The lowest BCUT2D eigenvalue weighted by molar-refractivity contribution is 0.727. The summed E-state index contributed by atoms with van der Waals surface area (Å²) in [4.78, 5) is 4.91. The van der Waals surface area contributed by atoms with Gasteiger partial charge in [-0.1, -0.05) is 90.6 Å². The highest BCUT2D eigenvalue weighted by atomic mass is 32.2. The van der Waals surface area contributed by atoms with Crippen LogP contribution < -0.4 is 0 Å². The number of benzene rings is 3. The Balaban J connectivity index is 1.43. The molecule has 0 amide bonds. The molecule has 148 valence electrons. The first-order valence-electron chi connectivity index (χ1n) is 10.2. The number of aryl methyl sites for hydroxylation is 3. The Morgan fingerprint density at radius 2 is 1.37 bits per heavy atom. The van der Waals surface area contributed by atoms with Crippen molar-refractivity contribution in [1.29, 1.82) is 0 Å². The summed E-state index contributed by atoms with van der Waals surface area (Å²) >= 11 is 1.67. The van der Waals surface area contributed by atoms with Crippen LogP contribution in [0.25, 0.3) is 22.1 Å². The fourth-order valence-electron chi connectivity index (χ4n) is 3.77. The van der Waals surface area contributed by atoms with E-state index >= 15 is 0 Å². The molecule has 0 saturated carbocycles. The molecule has 0 N–H and O–H groups in total. The minimum Gasteiger partial charge on any atom is -0.323 e. The van der Waals surface area contributed by atoms with Crippen LogP contribution in [0.2, 0.25) is 0 Å². The maximum Gasteiger partial charge on any atom is 0.211 e. The molecule has 0 aliphatic rings. The third-order valence-corrected chi connectivity index (χ3v) is 6.13. The van der Waals surface area contributed by atoms with Gasteiger partial charge in [0.15, 0.2) is 5.65 Å². The Kier molecular flexibility index (Phi) is 5.44. The third kappa shape index (κ3) is 3.94. The normalized spacial score (nSPS) is 11.3. The van der Waals surface area contributed by atoms with E-state index in [-0.39, 0.29) is 0 Å². The van der Waals surface area contributed by atoms with E-state index in [1.54, 1.807) is 11.8 Å². The Labute approximate surface area is 180 Å². The topological polar surface area (TPSA) is 43.6 Å². The van der Waals surface area contributed by atoms with Crippen molar-refractivity contribution in [3.63, 3.8) is 0 Å². The summed E-state index contributed by atoms with van der Waals surface area (Å²) in [5.74, 6) is 0.932. The van der Waals surface area contributed by atoms with Gasteiger partial charge in [0.25, 0.3) is 0 Å². The highest BCUT2D eigenvalue weighted by Crippen LogP contribution is 2.27. The summed E-state index contributed by atoms with van der Waals surface area (Å²) in [5.41, 5.74) is 5.62. The van der Waals surface area contributed by atoms with Crippen LogP contribution in [0.1, 0.15) is 11.1 Å². The van der Waals surface area contributed by atoms with Crippen molar-refractivity contribution in [1.82, 2.24) is 19.7 Å². The third-order valence-electron chi connectivity index (χ3n) is 5.29. The lowest BCUT2D eigenvalue weighted by Crippen LogP contribution is -2.03. The van der Waals surface area contributed by atoms with Crippen molar-refractivity contribution in [2.24, 2.45) is 0 Å². The molecule has 0 radical (unpaired) electrons. The number of fused-ring (bicyclic) bond motifs is 3. The SMILES string of the molecule is c1ccc(CCSc2nnc3c4ccccc4n(CCc4ccccc4)c3n2)cc1. The molecule has 2 heterocycles. The number of rotatable bonds is 7. The second kappa shape index (κ2) is 8.67. The zero-order chi connectivity index (χ0) is 20.2. The summed E-state index contributed by atoms with van der Waals surface area (Å²) in [6.07, 6.45) is 1.94. The zero-order valence-corrected chi connectivity index (χ0v) is 17.4. The standard InChI is InChI=1S/C25H22N4S/c1-3-9-19(10-4-1)15-17-29-22-14-8-7-13-21(22)23-24(29)26-25(28-27-23)30-18-16-20-11-5-2-6-12-20/h1-14H,15-18H2. The highest BCUT2D eigenvalue weighted by Gasteiger charge is 2.14. The summed E-state index contributed by atoms with van der Waals surface area (Å²) in [6, 6.07) is 29.5. The largest absolute Gasteiger partial charge is 0.323 e. The molecule has 0 atom stereocenters. The average molecular weight is 411 g/mol. The summed E-state index contributed by atoms with van der Waals surface area (Å²) in [6.45, 7) is 0.862. The molecule has 5 aromatic rings. The van der Waals surface area contributed by atoms with E-state index in [1.807, 2.05) is 12.1 Å². The first kappa shape index (κ1) is 18.8. The van der Waals surface area contributed by atoms with E-state index in [4.69, 9.17) is 4.98 Å². The first-order valence-corrected chi connectivity index (χ1v) is 11.2. The van der Waals surface area contributed by atoms with Crippen LogP contribution in [0.15, 0.2) is 90.1 Å². The van der Waals surface area contributed by atoms with Gasteiger partial charge in [0, 0.05) is 17.7 Å². The molecular weight excluding hydrogens is 388 g/mol. The van der Waals surface area contributed by atoms with Gasteiger partial charge in [0.1, 0.15) is 5.52 Å². The van der Waals surface area contributed by atoms with Crippen molar-refractivity contribution in [3.8, 4) is 0 Å². The minimum atomic E-state index is 0.738. The lowest BCUT2D eigenvalue weighted by atomic mass is 10.1. The van der Waals surface area contributed by atoms with Crippen molar-refractivity contribution in [3.05, 3.63) is 96.1 Å². The number of hydrogen-bond donors (Lipinski definition) is 0. The van der Waals surface area contributed by atoms with Crippen LogP contribution in [0.4, 0.5) is 0 Å². The van der Waals surface area contributed by atoms with Crippen LogP contribution in [0, 0.1) is 0 Å². The second-order valence-corrected chi connectivity index (χ2v) is 8.32. The van der Waals surface area contributed by atoms with E-state index in [9.17, 15) is 0 Å². The molecule has 4 nitrogen and oxygen atoms in total. The number of aromatic nitrogens is 4. The Morgan fingerprint density at radius 1 is 0.700 bits per heavy atom. The van der Waals surface area contributed by atoms with Crippen molar-refractivity contribution < 1.29 is 0 Å². The molecular formula is C25H22N4S. The van der Waals surface area contributed by atoms with Gasteiger partial charge in [0.2, 0.25) is 5.16 Å². The van der Waals surface area contributed by atoms with E-state index in [0.29, 0.717) is 0 Å². The molecule has 2 aromatic heterocycles. The van der Waals surface area contributed by atoms with E-state index < -0.39 is 0 Å². The molecule has 0 aliphatic carbocycles. The van der Waals surface area contributed by atoms with Crippen LogP contribution >= 0.6 is 11.8 Å². The van der Waals surface area contributed by atoms with Gasteiger partial charge < -0.3 is 4.57 Å². The molecule has 0 fully saturated rings. The van der Waals surface area contributed by atoms with Gasteiger partial charge in [-0.15, -0.1) is 10.2 Å². The summed E-state index contributed by atoms with van der Waals surface area (Å²) in [5, 5.41) is 10.8. The van der Waals surface area contributed by atoms with E-state index in [0.717, 1.165) is 52.4 Å². The predicted molar refractivity (Wildman–Crippen MR) is 124 cm³/mol. The van der Waals surface area contributed by atoms with Crippen LogP contribution in [0.3, 0.4) is 0 Å². The predicted octanol–water partition coefficient (Wildman–Crippen LogP) is 5.56. The van der Waals surface area contributed by atoms with Gasteiger partial charge in [0.05, 0.1) is 5.52 Å². The quantitative estimate of drug-likeness (QED) is 0.330. The molecule has 5 rings (SSSR count). The molecule has 0 unspecified atom stereocenters. The molecule has 0 bridgehead atoms. The maximum atomic E-state index is 4.91. The second-order valence-electron chi connectivity index (χ2n) is 7.26. The minimum absolute atomic E-state index is 0.738.